The molecule has 2 aliphatic heterocycles. The van der Waals surface area contributed by atoms with Crippen LogP contribution in [0.25, 0.3) is 16.6 Å². The van der Waals surface area contributed by atoms with Crippen molar-refractivity contribution >= 4 is 28.2 Å². The second-order valence-electron chi connectivity index (χ2n) is 8.50. The van der Waals surface area contributed by atoms with Gasteiger partial charge in [-0.3, -0.25) is 4.79 Å². The molecule has 4 aromatic rings. The molecule has 0 fully saturated rings. The molecule has 0 saturated carbocycles. The molecular formula is C29H21N3O. The zero-order valence-electron chi connectivity index (χ0n) is 18.2. The summed E-state index contributed by atoms with van der Waals surface area (Å²) in [6.45, 7) is 6.31. The number of para-hydroxylation sites is 2. The van der Waals surface area contributed by atoms with E-state index < -0.39 is 5.41 Å². The number of aryl methyl sites for hydroxylation is 1. The van der Waals surface area contributed by atoms with Gasteiger partial charge in [-0.2, -0.15) is 5.26 Å². The van der Waals surface area contributed by atoms with Gasteiger partial charge in [-0.05, 0) is 30.2 Å². The van der Waals surface area contributed by atoms with Crippen LogP contribution in [0.2, 0.25) is 0 Å². The predicted octanol–water partition coefficient (Wildman–Crippen LogP) is 5.57. The number of nitrogens with zero attached hydrogens (tertiary/aromatic N) is 3. The quantitative estimate of drug-likeness (QED) is 0.402. The van der Waals surface area contributed by atoms with Gasteiger partial charge in [-0.25, -0.2) is 0 Å². The number of carbonyl (C=O) groups excluding carboxylic acids is 1. The lowest BCUT2D eigenvalue weighted by Crippen LogP contribution is -2.42. The van der Waals surface area contributed by atoms with Gasteiger partial charge in [0, 0.05) is 23.2 Å². The first-order chi connectivity index (χ1) is 16.2. The van der Waals surface area contributed by atoms with Crippen LogP contribution in [-0.4, -0.2) is 17.0 Å². The van der Waals surface area contributed by atoms with Gasteiger partial charge in [0.15, 0.2) is 5.41 Å². The Morgan fingerprint density at radius 3 is 2.45 bits per heavy atom. The fourth-order valence-electron chi connectivity index (χ4n) is 5.73. The van der Waals surface area contributed by atoms with Crippen LogP contribution in [0.1, 0.15) is 22.4 Å². The minimum Gasteiger partial charge on any atom is -0.310 e. The first-order valence-corrected chi connectivity index (χ1v) is 11.0. The number of fused-ring (bicyclic) bond motifs is 6. The van der Waals surface area contributed by atoms with Gasteiger partial charge in [-0.1, -0.05) is 72.8 Å². The summed E-state index contributed by atoms with van der Waals surface area (Å²) in [6.07, 6.45) is 1.74. The molecule has 33 heavy (non-hydrogen) atoms. The zero-order valence-corrected chi connectivity index (χ0v) is 18.2. The first-order valence-electron chi connectivity index (χ1n) is 11.0. The van der Waals surface area contributed by atoms with Crippen molar-refractivity contribution in [1.29, 1.82) is 5.26 Å². The maximum Gasteiger partial charge on any atom is 0.249 e. The van der Waals surface area contributed by atoms with Crippen LogP contribution in [0.3, 0.4) is 0 Å². The lowest BCUT2D eigenvalue weighted by Gasteiger charge is -2.25. The maximum atomic E-state index is 14.4. The maximum absolute atomic E-state index is 14.4. The molecule has 0 bridgehead atoms. The van der Waals surface area contributed by atoms with Gasteiger partial charge in [0.25, 0.3) is 0 Å². The van der Waals surface area contributed by atoms with Crippen molar-refractivity contribution in [3.05, 3.63) is 119 Å². The number of rotatable bonds is 3. The fourth-order valence-corrected chi connectivity index (χ4v) is 5.73. The highest BCUT2D eigenvalue weighted by Gasteiger charge is 2.61. The highest BCUT2D eigenvalue weighted by Crippen LogP contribution is 2.58. The topological polar surface area (TPSA) is 49.0 Å². The third-order valence-electron chi connectivity index (χ3n) is 6.95. The standard InChI is InChI=1S/C29H21N3O/c1-3-17-31-25-16-10-8-14-22(25)29(28(31)33)23(18-30)26(20-11-5-4-6-12-20)32-24-15-9-7-13-21(24)19(2)27(29)32/h3-16H,1,17H2,2H3. The van der Waals surface area contributed by atoms with E-state index in [0.29, 0.717) is 12.1 Å². The molecule has 0 radical (unpaired) electrons. The normalized spacial score (nSPS) is 18.7. The van der Waals surface area contributed by atoms with E-state index in [1.807, 2.05) is 66.7 Å². The van der Waals surface area contributed by atoms with E-state index >= 15 is 0 Å². The number of nitriles is 1. The third-order valence-corrected chi connectivity index (χ3v) is 6.95. The zero-order chi connectivity index (χ0) is 22.7. The smallest absolute Gasteiger partial charge is 0.249 e. The van der Waals surface area contributed by atoms with E-state index in [9.17, 15) is 10.1 Å². The van der Waals surface area contributed by atoms with Crippen molar-refractivity contribution in [2.45, 2.75) is 12.3 Å². The van der Waals surface area contributed by atoms with E-state index in [1.165, 1.54) is 0 Å². The highest BCUT2D eigenvalue weighted by molar-refractivity contribution is 6.17. The summed E-state index contributed by atoms with van der Waals surface area (Å²) < 4.78 is 2.14. The molecule has 4 heteroatoms. The Hall–Kier alpha value is -4.36. The van der Waals surface area contributed by atoms with Gasteiger partial charge < -0.3 is 9.47 Å². The third kappa shape index (κ3) is 2.21. The molecule has 158 valence electrons. The number of carbonyl (C=O) groups is 1. The molecule has 6 rings (SSSR count). The van der Waals surface area contributed by atoms with Gasteiger partial charge in [0.2, 0.25) is 5.91 Å². The summed E-state index contributed by atoms with van der Waals surface area (Å²) in [6, 6.07) is 28.4. The van der Waals surface area contributed by atoms with Gasteiger partial charge >= 0.3 is 0 Å². The molecule has 1 unspecified atom stereocenters. The number of aromatic nitrogens is 1. The van der Waals surface area contributed by atoms with Crippen LogP contribution in [0, 0.1) is 18.3 Å². The van der Waals surface area contributed by atoms with E-state index in [-0.39, 0.29) is 5.91 Å². The molecule has 1 amide bonds. The number of benzene rings is 3. The molecule has 1 aromatic heterocycles. The fraction of sp³-hybridized carbons (Fsp3) is 0.103. The minimum atomic E-state index is -1.19. The van der Waals surface area contributed by atoms with E-state index in [0.717, 1.165) is 44.7 Å². The molecule has 2 aliphatic rings. The summed E-state index contributed by atoms with van der Waals surface area (Å²) in [4.78, 5) is 16.2. The molecular weight excluding hydrogens is 406 g/mol. The Balaban J connectivity index is 1.85. The molecule has 3 heterocycles. The number of hydrogen-bond donors (Lipinski definition) is 0. The Morgan fingerprint density at radius 2 is 1.70 bits per heavy atom. The summed E-state index contributed by atoms with van der Waals surface area (Å²) in [7, 11) is 0. The Bertz CT molecular complexity index is 1550. The lowest BCUT2D eigenvalue weighted by atomic mass is 9.72. The number of amides is 1. The van der Waals surface area contributed by atoms with Gasteiger partial charge in [-0.15, -0.1) is 6.58 Å². The first kappa shape index (κ1) is 19.3. The van der Waals surface area contributed by atoms with Crippen LogP contribution >= 0.6 is 0 Å². The van der Waals surface area contributed by atoms with Gasteiger partial charge in [0.05, 0.1) is 28.5 Å². The van der Waals surface area contributed by atoms with Crippen molar-refractivity contribution < 1.29 is 4.79 Å². The van der Waals surface area contributed by atoms with E-state index in [2.05, 4.69) is 36.3 Å². The van der Waals surface area contributed by atoms with Crippen molar-refractivity contribution in [2.24, 2.45) is 0 Å². The van der Waals surface area contributed by atoms with Crippen LogP contribution in [0.5, 0.6) is 0 Å². The second-order valence-corrected chi connectivity index (χ2v) is 8.50. The Labute approximate surface area is 192 Å². The van der Waals surface area contributed by atoms with E-state index in [1.54, 1.807) is 11.0 Å². The number of anilines is 1. The minimum absolute atomic E-state index is 0.0989. The monoisotopic (exact) mass is 427 g/mol. The molecule has 1 atom stereocenters. The molecule has 3 aromatic carbocycles. The summed E-state index contributed by atoms with van der Waals surface area (Å²) >= 11 is 0. The van der Waals surface area contributed by atoms with Crippen molar-refractivity contribution in [1.82, 2.24) is 4.57 Å². The molecule has 1 spiro atoms. The highest BCUT2D eigenvalue weighted by atomic mass is 16.2. The molecule has 0 saturated heterocycles. The second kappa shape index (κ2) is 6.82. The van der Waals surface area contributed by atoms with Crippen LogP contribution in [-0.2, 0) is 10.2 Å². The SMILES string of the molecule is C=CCN1C(=O)C2(C(C#N)=C(c3ccccc3)n3c2c(C)c2ccccc23)c2ccccc21. The Morgan fingerprint density at radius 1 is 1.00 bits per heavy atom. The van der Waals surface area contributed by atoms with Crippen LogP contribution in [0.4, 0.5) is 5.69 Å². The molecule has 0 N–H and O–H groups in total. The molecule has 4 nitrogen and oxygen atoms in total. The van der Waals surface area contributed by atoms with Gasteiger partial charge in [0.1, 0.15) is 0 Å². The largest absolute Gasteiger partial charge is 0.310 e. The van der Waals surface area contributed by atoms with Crippen LogP contribution in [0.15, 0.2) is 97.1 Å². The van der Waals surface area contributed by atoms with Crippen molar-refractivity contribution in [2.75, 3.05) is 11.4 Å². The Kier molecular flexibility index (Phi) is 3.99. The van der Waals surface area contributed by atoms with Crippen molar-refractivity contribution in [3.8, 4) is 6.07 Å². The summed E-state index contributed by atoms with van der Waals surface area (Å²) in [5, 5.41) is 11.7. The summed E-state index contributed by atoms with van der Waals surface area (Å²) in [5.74, 6) is -0.0989. The average Bonchev–Trinajstić information content (AvgIpc) is 3.42. The number of hydrogen-bond acceptors (Lipinski definition) is 2. The molecule has 0 aliphatic carbocycles. The lowest BCUT2D eigenvalue weighted by molar-refractivity contribution is -0.120. The average molecular weight is 428 g/mol. The van der Waals surface area contributed by atoms with Crippen LogP contribution < -0.4 is 4.90 Å². The van der Waals surface area contributed by atoms with Crippen molar-refractivity contribution in [3.63, 3.8) is 0 Å². The predicted molar refractivity (Wildman–Crippen MR) is 131 cm³/mol. The summed E-state index contributed by atoms with van der Waals surface area (Å²) in [5.41, 5.74) is 5.55. The van der Waals surface area contributed by atoms with E-state index in [4.69, 9.17) is 0 Å².